The summed E-state index contributed by atoms with van der Waals surface area (Å²) < 4.78 is 16.7. The predicted octanol–water partition coefficient (Wildman–Crippen LogP) is 15.2. The average molecular weight is 779 g/mol. The molecule has 0 heterocycles. The first-order valence-corrected chi connectivity index (χ1v) is 24.1. The fraction of sp³-hybridized carbons (Fsp3) is 0.939. The number of hydrogen-bond donors (Lipinski definition) is 0. The molecule has 0 saturated heterocycles. The van der Waals surface area contributed by atoms with Crippen molar-refractivity contribution in [2.75, 3.05) is 13.2 Å². The fourth-order valence-electron chi connectivity index (χ4n) is 7.23. The van der Waals surface area contributed by atoms with E-state index >= 15 is 0 Å². The van der Waals surface area contributed by atoms with Crippen molar-refractivity contribution in [2.24, 2.45) is 17.8 Å². The Hall–Kier alpha value is -1.59. The van der Waals surface area contributed by atoms with Crippen LogP contribution in [0.1, 0.15) is 260 Å². The molecule has 0 aliphatic rings. The van der Waals surface area contributed by atoms with Crippen LogP contribution in [0.3, 0.4) is 0 Å². The third-order valence-electron chi connectivity index (χ3n) is 10.9. The van der Waals surface area contributed by atoms with Crippen molar-refractivity contribution in [3.63, 3.8) is 0 Å². The summed E-state index contributed by atoms with van der Waals surface area (Å²) in [5.74, 6) is 1.56. The van der Waals surface area contributed by atoms with E-state index in [1.165, 1.54) is 141 Å². The molecule has 6 nitrogen and oxygen atoms in total. The van der Waals surface area contributed by atoms with Crippen molar-refractivity contribution in [2.45, 2.75) is 266 Å². The lowest BCUT2D eigenvalue weighted by atomic mass is 10.0. The minimum Gasteiger partial charge on any atom is -0.462 e. The second kappa shape index (κ2) is 40.6. The minimum atomic E-state index is -0.762. The Kier molecular flexibility index (Phi) is 39.4. The van der Waals surface area contributed by atoms with Crippen molar-refractivity contribution < 1.29 is 28.6 Å². The maximum atomic E-state index is 12.7. The zero-order chi connectivity index (χ0) is 40.6. The fourth-order valence-corrected chi connectivity index (χ4v) is 7.23. The van der Waals surface area contributed by atoms with Crippen LogP contribution in [-0.2, 0) is 28.6 Å². The topological polar surface area (TPSA) is 78.9 Å². The summed E-state index contributed by atoms with van der Waals surface area (Å²) in [5.41, 5.74) is 0. The van der Waals surface area contributed by atoms with Crippen LogP contribution in [0.5, 0.6) is 0 Å². The number of carbonyl (C=O) groups excluding carboxylic acids is 3. The van der Waals surface area contributed by atoms with Gasteiger partial charge in [-0.25, -0.2) is 0 Å². The zero-order valence-corrected chi connectivity index (χ0v) is 37.7. The molecule has 0 fully saturated rings. The van der Waals surface area contributed by atoms with Crippen molar-refractivity contribution in [1.29, 1.82) is 0 Å². The predicted molar refractivity (Wildman–Crippen MR) is 233 cm³/mol. The first-order valence-electron chi connectivity index (χ1n) is 24.1. The Bertz CT molecular complexity index is 852. The summed E-state index contributed by atoms with van der Waals surface area (Å²) in [6, 6.07) is 0. The van der Waals surface area contributed by atoms with Crippen molar-refractivity contribution in [3.05, 3.63) is 0 Å². The van der Waals surface area contributed by atoms with Crippen LogP contribution in [-0.4, -0.2) is 37.2 Å². The first-order chi connectivity index (χ1) is 26.6. The van der Waals surface area contributed by atoms with Gasteiger partial charge in [-0.2, -0.15) is 0 Å². The number of unbranched alkanes of at least 4 members (excludes halogenated alkanes) is 25. The molecule has 0 radical (unpaired) electrons. The standard InChI is InChI=1S/C49H94O6/c1-43(2)35-29-23-17-12-9-7-8-10-14-20-26-32-38-47(50)53-41-46(55-49(52)40-34-28-22-16-19-25-31-37-45(5)6)42-54-48(51)39-33-27-21-15-11-13-18-24-30-36-44(3)4/h43-46H,7-42H2,1-6H3/t46-/m1/s1. The van der Waals surface area contributed by atoms with Crippen LogP contribution >= 0.6 is 0 Å². The molecule has 0 rings (SSSR count). The van der Waals surface area contributed by atoms with E-state index in [0.717, 1.165) is 75.5 Å². The quantitative estimate of drug-likeness (QED) is 0.0349. The molecule has 0 amide bonds. The molecule has 0 saturated carbocycles. The minimum absolute atomic E-state index is 0.0660. The second-order valence-corrected chi connectivity index (χ2v) is 18.2. The molecule has 0 bridgehead atoms. The maximum Gasteiger partial charge on any atom is 0.306 e. The van der Waals surface area contributed by atoms with Gasteiger partial charge in [0, 0.05) is 19.3 Å². The number of ether oxygens (including phenoxy) is 3. The van der Waals surface area contributed by atoms with Crippen LogP contribution in [0, 0.1) is 17.8 Å². The smallest absolute Gasteiger partial charge is 0.306 e. The van der Waals surface area contributed by atoms with E-state index < -0.39 is 6.10 Å². The Labute approximate surface area is 342 Å². The number of carbonyl (C=O) groups is 3. The SMILES string of the molecule is CC(C)CCCCCCCCCCCCCCC(=O)OC[C@H](COC(=O)CCCCCCCCCCCC(C)C)OC(=O)CCCCCCCCCC(C)C. The van der Waals surface area contributed by atoms with Crippen LogP contribution in [0.15, 0.2) is 0 Å². The number of hydrogen-bond acceptors (Lipinski definition) is 6. The molecule has 0 aromatic heterocycles. The third-order valence-corrected chi connectivity index (χ3v) is 10.9. The Balaban J connectivity index is 4.30. The summed E-state index contributed by atoms with van der Waals surface area (Å²) in [6.45, 7) is 13.6. The monoisotopic (exact) mass is 779 g/mol. The van der Waals surface area contributed by atoms with Crippen LogP contribution < -0.4 is 0 Å². The molecule has 326 valence electrons. The van der Waals surface area contributed by atoms with Crippen molar-refractivity contribution in [3.8, 4) is 0 Å². The van der Waals surface area contributed by atoms with Crippen molar-refractivity contribution >= 4 is 17.9 Å². The Morgan fingerprint density at radius 1 is 0.309 bits per heavy atom. The molecular formula is C49H94O6. The molecule has 0 N–H and O–H groups in total. The third kappa shape index (κ3) is 43.4. The molecule has 6 heteroatoms. The Morgan fingerprint density at radius 3 is 0.782 bits per heavy atom. The summed E-state index contributed by atoms with van der Waals surface area (Å²) in [7, 11) is 0. The van der Waals surface area contributed by atoms with Gasteiger partial charge < -0.3 is 14.2 Å². The van der Waals surface area contributed by atoms with E-state index in [-0.39, 0.29) is 31.1 Å². The summed E-state index contributed by atoms with van der Waals surface area (Å²) >= 11 is 0. The summed E-state index contributed by atoms with van der Waals surface area (Å²) in [6.07, 6.45) is 38.1. The van der Waals surface area contributed by atoms with E-state index in [0.29, 0.717) is 19.3 Å². The van der Waals surface area contributed by atoms with Gasteiger partial charge in [-0.3, -0.25) is 14.4 Å². The molecule has 0 aromatic carbocycles. The molecule has 0 spiro atoms. The van der Waals surface area contributed by atoms with Crippen LogP contribution in [0.4, 0.5) is 0 Å². The largest absolute Gasteiger partial charge is 0.462 e. The van der Waals surface area contributed by atoms with Gasteiger partial charge >= 0.3 is 17.9 Å². The van der Waals surface area contributed by atoms with E-state index in [9.17, 15) is 14.4 Å². The van der Waals surface area contributed by atoms with Gasteiger partial charge in [0.05, 0.1) is 0 Å². The molecular weight excluding hydrogens is 685 g/mol. The molecule has 0 aliphatic heterocycles. The molecule has 1 atom stereocenters. The zero-order valence-electron chi connectivity index (χ0n) is 37.7. The Morgan fingerprint density at radius 2 is 0.527 bits per heavy atom. The van der Waals surface area contributed by atoms with Gasteiger partial charge in [-0.1, -0.05) is 221 Å². The van der Waals surface area contributed by atoms with Gasteiger partial charge in [-0.05, 0) is 37.0 Å². The van der Waals surface area contributed by atoms with E-state index in [4.69, 9.17) is 14.2 Å². The van der Waals surface area contributed by atoms with Gasteiger partial charge in [-0.15, -0.1) is 0 Å². The lowest BCUT2D eigenvalue weighted by Crippen LogP contribution is -2.30. The summed E-state index contributed by atoms with van der Waals surface area (Å²) in [5, 5.41) is 0. The van der Waals surface area contributed by atoms with Gasteiger partial charge in [0.25, 0.3) is 0 Å². The highest BCUT2D eigenvalue weighted by Crippen LogP contribution is 2.17. The first kappa shape index (κ1) is 53.4. The average Bonchev–Trinajstić information content (AvgIpc) is 3.13. The molecule has 0 aromatic rings. The highest BCUT2D eigenvalue weighted by Gasteiger charge is 2.19. The highest BCUT2D eigenvalue weighted by molar-refractivity contribution is 5.71. The normalized spacial score (nSPS) is 12.2. The highest BCUT2D eigenvalue weighted by atomic mass is 16.6. The van der Waals surface area contributed by atoms with E-state index in [2.05, 4.69) is 41.5 Å². The van der Waals surface area contributed by atoms with Gasteiger partial charge in [0.1, 0.15) is 13.2 Å². The van der Waals surface area contributed by atoms with Crippen LogP contribution in [0.2, 0.25) is 0 Å². The molecule has 55 heavy (non-hydrogen) atoms. The lowest BCUT2D eigenvalue weighted by molar-refractivity contribution is -0.167. The van der Waals surface area contributed by atoms with E-state index in [1.54, 1.807) is 0 Å². The summed E-state index contributed by atoms with van der Waals surface area (Å²) in [4.78, 5) is 37.8. The molecule has 0 unspecified atom stereocenters. The van der Waals surface area contributed by atoms with Crippen LogP contribution in [0.25, 0.3) is 0 Å². The second-order valence-electron chi connectivity index (χ2n) is 18.2. The van der Waals surface area contributed by atoms with Gasteiger partial charge in [0.15, 0.2) is 6.10 Å². The van der Waals surface area contributed by atoms with Crippen molar-refractivity contribution in [1.82, 2.24) is 0 Å². The van der Waals surface area contributed by atoms with Gasteiger partial charge in [0.2, 0.25) is 0 Å². The number of rotatable bonds is 42. The lowest BCUT2D eigenvalue weighted by Gasteiger charge is -2.18. The maximum absolute atomic E-state index is 12.7. The molecule has 0 aliphatic carbocycles. The number of esters is 3. The van der Waals surface area contributed by atoms with E-state index in [1.807, 2.05) is 0 Å².